The molecule has 188 valence electrons. The van der Waals surface area contributed by atoms with Gasteiger partial charge in [0.2, 0.25) is 0 Å². The van der Waals surface area contributed by atoms with E-state index < -0.39 is 0 Å². The van der Waals surface area contributed by atoms with E-state index >= 15 is 0 Å². The molecular weight excluding hydrogens is 458 g/mol. The summed E-state index contributed by atoms with van der Waals surface area (Å²) in [6.45, 7) is 7.22. The lowest BCUT2D eigenvalue weighted by Crippen LogP contribution is -2.34. The number of hydrogen-bond donors (Lipinski definition) is 0. The molecule has 0 saturated carbocycles. The highest BCUT2D eigenvalue weighted by atomic mass is 16.5. The maximum Gasteiger partial charge on any atom is 0.349 e. The van der Waals surface area contributed by atoms with Crippen molar-refractivity contribution >= 4 is 34.5 Å². The highest BCUT2D eigenvalue weighted by Gasteiger charge is 2.29. The first-order valence-electron chi connectivity index (χ1n) is 12.5. The van der Waals surface area contributed by atoms with Crippen molar-refractivity contribution in [1.82, 2.24) is 24.3 Å². The fourth-order valence-electron chi connectivity index (χ4n) is 4.88. The summed E-state index contributed by atoms with van der Waals surface area (Å²) in [7, 11) is 1.83. The Kier molecular flexibility index (Phi) is 6.77. The van der Waals surface area contributed by atoms with E-state index in [-0.39, 0.29) is 23.9 Å². The minimum Gasteiger partial charge on any atom is -0.450 e. The first-order valence-corrected chi connectivity index (χ1v) is 12.5. The highest BCUT2D eigenvalue weighted by Crippen LogP contribution is 2.37. The Morgan fingerprint density at radius 1 is 1.31 bits per heavy atom. The van der Waals surface area contributed by atoms with Gasteiger partial charge in [0, 0.05) is 49.6 Å². The molecule has 10 nitrogen and oxygen atoms in total. The van der Waals surface area contributed by atoms with Gasteiger partial charge in [-0.2, -0.15) is 10.1 Å². The van der Waals surface area contributed by atoms with Crippen molar-refractivity contribution in [3.8, 4) is 11.3 Å². The van der Waals surface area contributed by atoms with Crippen molar-refractivity contribution in [3.05, 3.63) is 40.8 Å². The SMILES string of the molecule is CC=NC(C=NCC)c1cc2c(cn1)oc1c(-c3cnn(C)c3)nc(=O)n([C@H]3CCO[C@@H](CC)C3)c12. The molecule has 1 unspecified atom stereocenters. The first kappa shape index (κ1) is 24.1. The molecule has 0 bridgehead atoms. The molecule has 5 heterocycles. The predicted octanol–water partition coefficient (Wildman–Crippen LogP) is 4.29. The van der Waals surface area contributed by atoms with Gasteiger partial charge in [-0.05, 0) is 45.4 Å². The van der Waals surface area contributed by atoms with Crippen molar-refractivity contribution < 1.29 is 9.15 Å². The molecule has 4 aromatic rings. The number of pyridine rings is 1. The van der Waals surface area contributed by atoms with Gasteiger partial charge in [0.1, 0.15) is 17.3 Å². The summed E-state index contributed by atoms with van der Waals surface area (Å²) in [5, 5.41) is 5.08. The number of rotatable bonds is 7. The summed E-state index contributed by atoms with van der Waals surface area (Å²) in [6, 6.07) is 1.59. The highest BCUT2D eigenvalue weighted by molar-refractivity contribution is 6.06. The summed E-state index contributed by atoms with van der Waals surface area (Å²) in [4.78, 5) is 31.7. The summed E-state index contributed by atoms with van der Waals surface area (Å²) in [5.74, 6) is 0. The van der Waals surface area contributed by atoms with Gasteiger partial charge < -0.3 is 9.15 Å². The molecule has 36 heavy (non-hydrogen) atoms. The van der Waals surface area contributed by atoms with E-state index in [4.69, 9.17) is 9.15 Å². The average molecular weight is 490 g/mol. The molecule has 0 amide bonds. The third kappa shape index (κ3) is 4.37. The Balaban J connectivity index is 1.79. The Morgan fingerprint density at radius 3 is 2.89 bits per heavy atom. The molecule has 5 rings (SSSR count). The monoisotopic (exact) mass is 489 g/mol. The maximum atomic E-state index is 13.6. The number of fused-ring (bicyclic) bond motifs is 3. The van der Waals surface area contributed by atoms with Crippen LogP contribution >= 0.6 is 0 Å². The van der Waals surface area contributed by atoms with Crippen LogP contribution in [0.3, 0.4) is 0 Å². The topological polar surface area (TPSA) is 113 Å². The number of hydrogen-bond acceptors (Lipinski definition) is 8. The van der Waals surface area contributed by atoms with E-state index in [0.29, 0.717) is 30.0 Å². The molecule has 1 fully saturated rings. The van der Waals surface area contributed by atoms with Crippen molar-refractivity contribution in [2.24, 2.45) is 17.0 Å². The van der Waals surface area contributed by atoms with Crippen molar-refractivity contribution in [2.45, 2.75) is 58.2 Å². The van der Waals surface area contributed by atoms with Crippen molar-refractivity contribution in [3.63, 3.8) is 0 Å². The summed E-state index contributed by atoms with van der Waals surface area (Å²) in [6.07, 6.45) is 11.2. The molecule has 1 aliphatic heterocycles. The zero-order valence-electron chi connectivity index (χ0n) is 21.1. The van der Waals surface area contributed by atoms with Crippen LogP contribution in [0.15, 0.2) is 43.9 Å². The van der Waals surface area contributed by atoms with E-state index in [9.17, 15) is 4.79 Å². The van der Waals surface area contributed by atoms with Crippen LogP contribution in [0, 0.1) is 0 Å². The fourth-order valence-corrected chi connectivity index (χ4v) is 4.88. The number of aliphatic imine (C=N–C) groups is 2. The molecule has 10 heteroatoms. The van der Waals surface area contributed by atoms with Crippen LogP contribution in [0.2, 0.25) is 0 Å². The summed E-state index contributed by atoms with van der Waals surface area (Å²) in [5.41, 5.74) is 3.49. The Labute approximate surface area is 208 Å². The molecule has 4 aromatic heterocycles. The first-order chi connectivity index (χ1) is 17.5. The molecule has 0 radical (unpaired) electrons. The van der Waals surface area contributed by atoms with Gasteiger partial charge >= 0.3 is 5.69 Å². The number of aryl methyl sites for hydroxylation is 1. The Hall–Kier alpha value is -3.66. The lowest BCUT2D eigenvalue weighted by molar-refractivity contribution is -0.00709. The quantitative estimate of drug-likeness (QED) is 0.358. The lowest BCUT2D eigenvalue weighted by atomic mass is 10.0. The summed E-state index contributed by atoms with van der Waals surface area (Å²) >= 11 is 0. The van der Waals surface area contributed by atoms with Gasteiger partial charge in [-0.25, -0.2) is 4.79 Å². The molecule has 0 spiro atoms. The average Bonchev–Trinajstić information content (AvgIpc) is 3.49. The van der Waals surface area contributed by atoms with Crippen LogP contribution in [0.1, 0.15) is 57.8 Å². The molecule has 3 atom stereocenters. The number of ether oxygens (including phenoxy) is 1. The van der Waals surface area contributed by atoms with Gasteiger partial charge in [0.15, 0.2) is 11.2 Å². The van der Waals surface area contributed by atoms with Crippen LogP contribution < -0.4 is 5.69 Å². The van der Waals surface area contributed by atoms with E-state index in [0.717, 1.165) is 41.4 Å². The standard InChI is InChI=1S/C26H31N7O3/c1-5-18-10-17(8-9-35-18)33-24-19-11-20(21(28-7-3)13-27-6-2)29-14-22(19)36-25(24)23(31-26(33)34)16-12-30-32(4)15-16/h7,11-15,17-18,21H,5-6,8-10H2,1-4H3/t17-,18-,21?/m0/s1. The van der Waals surface area contributed by atoms with Gasteiger partial charge in [-0.15, -0.1) is 0 Å². The van der Waals surface area contributed by atoms with E-state index in [1.807, 2.05) is 33.2 Å². The molecular formula is C26H31N7O3. The van der Waals surface area contributed by atoms with Gasteiger partial charge in [-0.1, -0.05) is 6.92 Å². The van der Waals surface area contributed by atoms with Gasteiger partial charge in [0.25, 0.3) is 0 Å². The van der Waals surface area contributed by atoms with E-state index in [2.05, 4.69) is 32.0 Å². The smallest absolute Gasteiger partial charge is 0.349 e. The second-order valence-electron chi connectivity index (χ2n) is 8.98. The lowest BCUT2D eigenvalue weighted by Gasteiger charge is -2.30. The largest absolute Gasteiger partial charge is 0.450 e. The Bertz CT molecular complexity index is 1500. The van der Waals surface area contributed by atoms with Crippen LogP contribution in [0.4, 0.5) is 0 Å². The molecule has 0 aliphatic carbocycles. The van der Waals surface area contributed by atoms with Crippen molar-refractivity contribution in [2.75, 3.05) is 13.2 Å². The number of aromatic nitrogens is 5. The third-order valence-electron chi connectivity index (χ3n) is 6.62. The molecule has 1 aliphatic rings. The second-order valence-corrected chi connectivity index (χ2v) is 8.98. The van der Waals surface area contributed by atoms with Crippen LogP contribution in [-0.4, -0.2) is 56.0 Å². The zero-order chi connectivity index (χ0) is 25.2. The predicted molar refractivity (Wildman–Crippen MR) is 140 cm³/mol. The van der Waals surface area contributed by atoms with E-state index in [1.165, 1.54) is 0 Å². The second kappa shape index (κ2) is 10.1. The summed E-state index contributed by atoms with van der Waals surface area (Å²) < 4.78 is 15.7. The van der Waals surface area contributed by atoms with Crippen LogP contribution in [0.25, 0.3) is 33.3 Å². The third-order valence-corrected chi connectivity index (χ3v) is 6.62. The molecule has 0 N–H and O–H groups in total. The minimum atomic E-state index is -0.323. The minimum absolute atomic E-state index is 0.0438. The van der Waals surface area contributed by atoms with Gasteiger partial charge in [0.05, 0.1) is 24.2 Å². The molecule has 1 saturated heterocycles. The van der Waals surface area contributed by atoms with Crippen LogP contribution in [-0.2, 0) is 11.8 Å². The molecule has 0 aromatic carbocycles. The van der Waals surface area contributed by atoms with Crippen LogP contribution in [0.5, 0.6) is 0 Å². The number of furan rings is 1. The van der Waals surface area contributed by atoms with E-state index in [1.54, 1.807) is 34.1 Å². The maximum absolute atomic E-state index is 13.6. The van der Waals surface area contributed by atoms with Crippen molar-refractivity contribution in [1.29, 1.82) is 0 Å². The Morgan fingerprint density at radius 2 is 2.17 bits per heavy atom. The number of nitrogens with zero attached hydrogens (tertiary/aromatic N) is 7. The normalized spacial score (nSPS) is 19.8. The van der Waals surface area contributed by atoms with Gasteiger partial charge in [-0.3, -0.25) is 24.2 Å². The zero-order valence-corrected chi connectivity index (χ0v) is 21.1. The fraction of sp³-hybridized carbons (Fsp3) is 0.462.